The van der Waals surface area contributed by atoms with Gasteiger partial charge in [-0.3, -0.25) is 9.36 Å². The van der Waals surface area contributed by atoms with Gasteiger partial charge in [0.1, 0.15) is 6.04 Å². The summed E-state index contributed by atoms with van der Waals surface area (Å²) >= 11 is 1.48. The Hall–Kier alpha value is -2.15. The number of aromatic nitrogens is 2. The fourth-order valence-electron chi connectivity index (χ4n) is 2.54. The SMILES string of the molecule is Cc1cc(C(=O)N[C@H](CC(C)C)C(=O)O)c(C)n1-c1nccs1. The fraction of sp³-hybridized carbons (Fsp3) is 0.438. The molecule has 0 unspecified atom stereocenters. The zero-order valence-electron chi connectivity index (χ0n) is 13.7. The maximum Gasteiger partial charge on any atom is 0.326 e. The number of amides is 1. The van der Waals surface area contributed by atoms with Crippen molar-refractivity contribution in [2.75, 3.05) is 0 Å². The number of aryl methyl sites for hydroxylation is 1. The zero-order valence-corrected chi connectivity index (χ0v) is 14.5. The van der Waals surface area contributed by atoms with Gasteiger partial charge < -0.3 is 10.4 Å². The molecule has 2 aromatic rings. The third kappa shape index (κ3) is 3.79. The largest absolute Gasteiger partial charge is 0.480 e. The minimum absolute atomic E-state index is 0.180. The van der Waals surface area contributed by atoms with Crippen molar-refractivity contribution in [1.82, 2.24) is 14.9 Å². The number of carboxylic acids is 1. The smallest absolute Gasteiger partial charge is 0.326 e. The van der Waals surface area contributed by atoms with Crippen molar-refractivity contribution in [3.63, 3.8) is 0 Å². The molecule has 0 saturated heterocycles. The molecule has 2 N–H and O–H groups in total. The third-order valence-electron chi connectivity index (χ3n) is 3.60. The van der Waals surface area contributed by atoms with E-state index in [-0.39, 0.29) is 11.8 Å². The molecule has 0 radical (unpaired) electrons. The highest BCUT2D eigenvalue weighted by Crippen LogP contribution is 2.22. The van der Waals surface area contributed by atoms with Crippen LogP contribution in [0.4, 0.5) is 0 Å². The van der Waals surface area contributed by atoms with Crippen molar-refractivity contribution in [3.05, 3.63) is 34.6 Å². The van der Waals surface area contributed by atoms with E-state index >= 15 is 0 Å². The van der Waals surface area contributed by atoms with Crippen molar-refractivity contribution in [1.29, 1.82) is 0 Å². The summed E-state index contributed by atoms with van der Waals surface area (Å²) in [5.41, 5.74) is 2.12. The standard InChI is InChI=1S/C16H21N3O3S/c1-9(2)7-13(15(21)22)18-14(20)12-8-10(3)19(11(12)4)16-17-5-6-23-16/h5-6,8-9,13H,7H2,1-4H3,(H,18,20)(H,21,22)/t13-/m1/s1. The van der Waals surface area contributed by atoms with Crippen LogP contribution in [0.15, 0.2) is 17.6 Å². The number of aliphatic carboxylic acids is 1. The maximum atomic E-state index is 12.5. The molecule has 0 aromatic carbocycles. The number of hydrogen-bond donors (Lipinski definition) is 2. The molecule has 2 rings (SSSR count). The first-order valence-corrected chi connectivity index (χ1v) is 8.31. The Bertz CT molecular complexity index is 704. The minimum atomic E-state index is -1.01. The van der Waals surface area contributed by atoms with Crippen LogP contribution in [0.25, 0.3) is 5.13 Å². The molecular weight excluding hydrogens is 314 g/mol. The second-order valence-electron chi connectivity index (χ2n) is 5.93. The summed E-state index contributed by atoms with van der Waals surface area (Å²) in [4.78, 5) is 28.1. The Morgan fingerprint density at radius 1 is 1.39 bits per heavy atom. The first-order valence-electron chi connectivity index (χ1n) is 7.43. The van der Waals surface area contributed by atoms with Crippen molar-refractivity contribution < 1.29 is 14.7 Å². The van der Waals surface area contributed by atoms with Gasteiger partial charge in [-0.05, 0) is 32.3 Å². The Morgan fingerprint density at radius 2 is 2.09 bits per heavy atom. The number of rotatable bonds is 6. The van der Waals surface area contributed by atoms with Crippen LogP contribution in [0.5, 0.6) is 0 Å². The van der Waals surface area contributed by atoms with Gasteiger partial charge in [0.2, 0.25) is 0 Å². The molecule has 0 aliphatic heterocycles. The molecule has 1 amide bonds. The second-order valence-corrected chi connectivity index (χ2v) is 6.80. The Balaban J connectivity index is 2.26. The van der Waals surface area contributed by atoms with Crippen LogP contribution < -0.4 is 5.32 Å². The van der Waals surface area contributed by atoms with Gasteiger partial charge in [-0.25, -0.2) is 9.78 Å². The summed E-state index contributed by atoms with van der Waals surface area (Å²) in [7, 11) is 0. The molecule has 0 bridgehead atoms. The molecule has 1 atom stereocenters. The van der Waals surface area contributed by atoms with Crippen LogP contribution in [0.3, 0.4) is 0 Å². The van der Waals surface area contributed by atoms with E-state index in [4.69, 9.17) is 0 Å². The molecule has 0 spiro atoms. The van der Waals surface area contributed by atoms with Crippen molar-refractivity contribution in [2.24, 2.45) is 5.92 Å². The normalized spacial score (nSPS) is 12.4. The van der Waals surface area contributed by atoms with E-state index in [9.17, 15) is 14.7 Å². The van der Waals surface area contributed by atoms with Crippen molar-refractivity contribution in [2.45, 2.75) is 40.2 Å². The summed E-state index contributed by atoms with van der Waals surface area (Å²) in [5, 5.41) is 14.6. The van der Waals surface area contributed by atoms with Crippen LogP contribution in [-0.2, 0) is 4.79 Å². The first kappa shape index (κ1) is 17.2. The topological polar surface area (TPSA) is 84.2 Å². The number of thiazole rings is 1. The third-order valence-corrected chi connectivity index (χ3v) is 4.35. The van der Waals surface area contributed by atoms with Crippen LogP contribution in [0.1, 0.15) is 42.0 Å². The molecule has 7 heteroatoms. The molecule has 0 aliphatic rings. The second kappa shape index (κ2) is 6.95. The molecule has 2 aromatic heterocycles. The van der Waals surface area contributed by atoms with Gasteiger partial charge in [0.25, 0.3) is 5.91 Å². The number of carbonyl (C=O) groups is 2. The van der Waals surface area contributed by atoms with E-state index in [1.807, 2.05) is 37.6 Å². The minimum Gasteiger partial charge on any atom is -0.480 e. The molecular formula is C16H21N3O3S. The number of carboxylic acid groups (broad SMARTS) is 1. The summed E-state index contributed by atoms with van der Waals surface area (Å²) in [5.74, 6) is -1.20. The van der Waals surface area contributed by atoms with Gasteiger partial charge in [-0.1, -0.05) is 13.8 Å². The van der Waals surface area contributed by atoms with Crippen LogP contribution in [0, 0.1) is 19.8 Å². The van der Waals surface area contributed by atoms with E-state index in [0.717, 1.165) is 16.5 Å². The first-order chi connectivity index (χ1) is 10.8. The van der Waals surface area contributed by atoms with Crippen LogP contribution >= 0.6 is 11.3 Å². The van der Waals surface area contributed by atoms with Gasteiger partial charge in [-0.15, -0.1) is 11.3 Å². The monoisotopic (exact) mass is 335 g/mol. The van der Waals surface area contributed by atoms with Crippen LogP contribution in [0.2, 0.25) is 0 Å². The predicted octanol–water partition coefficient (Wildman–Crippen LogP) is 2.78. The molecule has 23 heavy (non-hydrogen) atoms. The zero-order chi connectivity index (χ0) is 17.1. The van der Waals surface area contributed by atoms with E-state index in [0.29, 0.717) is 12.0 Å². The highest BCUT2D eigenvalue weighted by Gasteiger charge is 2.24. The quantitative estimate of drug-likeness (QED) is 0.850. The fourth-order valence-corrected chi connectivity index (χ4v) is 3.29. The van der Waals surface area contributed by atoms with Gasteiger partial charge in [0.05, 0.1) is 5.56 Å². The van der Waals surface area contributed by atoms with Crippen LogP contribution in [-0.4, -0.2) is 32.6 Å². The Kier molecular flexibility index (Phi) is 5.20. The average molecular weight is 335 g/mol. The molecule has 0 aliphatic carbocycles. The predicted molar refractivity (Wildman–Crippen MR) is 89.3 cm³/mol. The van der Waals surface area contributed by atoms with Crippen molar-refractivity contribution >= 4 is 23.2 Å². The molecule has 124 valence electrons. The lowest BCUT2D eigenvalue weighted by Gasteiger charge is -2.16. The Morgan fingerprint density at radius 3 is 2.61 bits per heavy atom. The van der Waals surface area contributed by atoms with Gasteiger partial charge in [0.15, 0.2) is 5.13 Å². The van der Waals surface area contributed by atoms with E-state index in [2.05, 4.69) is 10.3 Å². The summed E-state index contributed by atoms with van der Waals surface area (Å²) in [6, 6.07) is 0.880. The van der Waals surface area contributed by atoms with Gasteiger partial charge in [-0.2, -0.15) is 0 Å². The Labute approximate surface area is 139 Å². The summed E-state index contributed by atoms with van der Waals surface area (Å²) in [6.45, 7) is 7.59. The lowest BCUT2D eigenvalue weighted by atomic mass is 10.0. The molecule has 2 heterocycles. The maximum absolute atomic E-state index is 12.5. The lowest BCUT2D eigenvalue weighted by Crippen LogP contribution is -2.41. The average Bonchev–Trinajstić information content (AvgIpc) is 3.05. The number of hydrogen-bond acceptors (Lipinski definition) is 4. The number of nitrogens with zero attached hydrogens (tertiary/aromatic N) is 2. The highest BCUT2D eigenvalue weighted by atomic mass is 32.1. The number of carbonyl (C=O) groups excluding carboxylic acids is 1. The van der Waals surface area contributed by atoms with Crippen molar-refractivity contribution in [3.8, 4) is 5.13 Å². The summed E-state index contributed by atoms with van der Waals surface area (Å²) in [6.07, 6.45) is 2.11. The number of nitrogens with one attached hydrogen (secondary N) is 1. The van der Waals surface area contributed by atoms with Gasteiger partial charge >= 0.3 is 5.97 Å². The van der Waals surface area contributed by atoms with Gasteiger partial charge in [0, 0.05) is 23.0 Å². The molecule has 6 nitrogen and oxygen atoms in total. The highest BCUT2D eigenvalue weighted by molar-refractivity contribution is 7.12. The lowest BCUT2D eigenvalue weighted by molar-refractivity contribution is -0.139. The van der Waals surface area contributed by atoms with E-state index in [1.54, 1.807) is 12.3 Å². The molecule has 0 saturated carbocycles. The van der Waals surface area contributed by atoms with E-state index < -0.39 is 12.0 Å². The summed E-state index contributed by atoms with van der Waals surface area (Å²) < 4.78 is 1.90. The molecule has 0 fully saturated rings. The van der Waals surface area contributed by atoms with E-state index in [1.165, 1.54) is 11.3 Å².